The molecule has 1 heterocycles. The Morgan fingerprint density at radius 1 is 1.80 bits per heavy atom. The van der Waals surface area contributed by atoms with Crippen LogP contribution in [0, 0.1) is 0 Å². The third kappa shape index (κ3) is 2.49. The van der Waals surface area contributed by atoms with Crippen LogP contribution >= 0.6 is 11.9 Å². The Kier molecular flexibility index (Phi) is 2.88. The Hall–Kier alpha value is -0.360. The molecule has 0 aromatic heterocycles. The zero-order valence-corrected chi connectivity index (χ0v) is 5.94. The molecule has 0 spiro atoms. The molecule has 0 saturated carbocycles. The van der Waals surface area contributed by atoms with Gasteiger partial charge in [0.15, 0.2) is 0 Å². The molecular weight excluding hydrogens is 160 g/mol. The average molecular weight is 167 g/mol. The van der Waals surface area contributed by atoms with Gasteiger partial charge in [-0.05, 0) is 0 Å². The molecule has 3 nitrogen and oxygen atoms in total. The van der Waals surface area contributed by atoms with Crippen molar-refractivity contribution in [1.29, 1.82) is 0 Å². The minimum atomic E-state index is -2.26. The number of nitrogens with one attached hydrogen (secondary N) is 1. The van der Waals surface area contributed by atoms with E-state index in [9.17, 15) is 8.78 Å². The molecule has 0 atom stereocenters. The third-order valence-corrected chi connectivity index (χ3v) is 1.79. The summed E-state index contributed by atoms with van der Waals surface area (Å²) in [6, 6.07) is 0. The molecule has 0 radical (unpaired) electrons. The molecule has 10 heavy (non-hydrogen) atoms. The van der Waals surface area contributed by atoms with Gasteiger partial charge >= 0.3 is 0 Å². The van der Waals surface area contributed by atoms with Gasteiger partial charge < -0.3 is 0 Å². The highest BCUT2D eigenvalue weighted by Gasteiger charge is 2.10. The maximum atomic E-state index is 11.6. The fourth-order valence-electron chi connectivity index (χ4n) is 0.485. The van der Waals surface area contributed by atoms with Crippen LogP contribution in [-0.2, 0) is 0 Å². The van der Waals surface area contributed by atoms with E-state index < -0.39 is 6.43 Å². The molecule has 0 aromatic carbocycles. The van der Waals surface area contributed by atoms with Crippen molar-refractivity contribution in [3.8, 4) is 0 Å². The van der Waals surface area contributed by atoms with Gasteiger partial charge in [-0.15, -0.1) is 4.41 Å². The van der Waals surface area contributed by atoms with Crippen LogP contribution in [0.5, 0.6) is 0 Å². The van der Waals surface area contributed by atoms with Gasteiger partial charge in [-0.3, -0.25) is 10.4 Å². The molecule has 0 aliphatic carbocycles. The summed E-state index contributed by atoms with van der Waals surface area (Å²) in [5, 5.41) is 0. The van der Waals surface area contributed by atoms with Crippen molar-refractivity contribution in [2.75, 3.05) is 12.4 Å². The van der Waals surface area contributed by atoms with Crippen LogP contribution in [0.25, 0.3) is 0 Å². The highest BCUT2D eigenvalue weighted by atomic mass is 32.2. The van der Waals surface area contributed by atoms with Gasteiger partial charge in [-0.2, -0.15) is 0 Å². The summed E-state index contributed by atoms with van der Waals surface area (Å²) >= 11 is 1.04. The lowest BCUT2D eigenvalue weighted by atomic mass is 10.9. The van der Waals surface area contributed by atoms with Gasteiger partial charge in [0.05, 0.1) is 12.1 Å². The number of hydrogen-bond acceptors (Lipinski definition) is 4. The second-order valence-electron chi connectivity index (χ2n) is 1.65. The maximum absolute atomic E-state index is 11.6. The van der Waals surface area contributed by atoms with Crippen LogP contribution in [0.4, 0.5) is 8.78 Å². The van der Waals surface area contributed by atoms with Crippen molar-refractivity contribution in [3.63, 3.8) is 0 Å². The number of aliphatic imine (C=N–C) groups is 1. The number of rotatable bonds is 3. The normalized spacial score (nSPS) is 18.3. The molecule has 0 fully saturated rings. The summed E-state index contributed by atoms with van der Waals surface area (Å²) in [4.78, 5) is 3.77. The smallest absolute Gasteiger partial charge is 0.248 e. The molecule has 0 amide bonds. The number of alkyl halides is 2. The van der Waals surface area contributed by atoms with Gasteiger partial charge in [0.2, 0.25) is 6.43 Å². The summed E-state index contributed by atoms with van der Waals surface area (Å²) in [6.07, 6.45) is -0.772. The van der Waals surface area contributed by atoms with E-state index in [1.165, 1.54) is 6.34 Å². The topological polar surface area (TPSA) is 27.6 Å². The zero-order chi connectivity index (χ0) is 7.40. The van der Waals surface area contributed by atoms with E-state index in [1.54, 1.807) is 4.41 Å². The molecule has 6 heteroatoms. The number of halogens is 2. The molecule has 58 valence electrons. The first-order valence-corrected chi connectivity index (χ1v) is 3.66. The monoisotopic (exact) mass is 167 g/mol. The molecule has 0 saturated heterocycles. The average Bonchev–Trinajstić information content (AvgIpc) is 2.34. The van der Waals surface area contributed by atoms with Crippen LogP contribution in [0.1, 0.15) is 0 Å². The third-order valence-electron chi connectivity index (χ3n) is 0.859. The fraction of sp³-hybridized carbons (Fsp3) is 0.750. The lowest BCUT2D eigenvalue weighted by Gasteiger charge is -2.11. The summed E-state index contributed by atoms with van der Waals surface area (Å²) in [5.74, 6) is -0.184. The summed E-state index contributed by atoms with van der Waals surface area (Å²) in [6.45, 7) is 0.442. The summed E-state index contributed by atoms with van der Waals surface area (Å²) < 4.78 is 24.7. The van der Waals surface area contributed by atoms with Crippen LogP contribution in [0.3, 0.4) is 0 Å². The first-order chi connectivity index (χ1) is 4.79. The standard InChI is InChI=1S/C4H7F2N3S/c5-4(6)1-10-9-3-7-2-8-9/h2,4H,1,3H2,(H,7,8). The number of hydrazine groups is 1. The van der Waals surface area contributed by atoms with Gasteiger partial charge in [-0.25, -0.2) is 8.78 Å². The molecule has 1 aliphatic rings. The van der Waals surface area contributed by atoms with E-state index in [0.717, 1.165) is 11.9 Å². The Balaban J connectivity index is 2.03. The molecule has 1 N–H and O–H groups in total. The fourth-order valence-corrected chi connectivity index (χ4v) is 1.05. The molecular formula is C4H7F2N3S. The van der Waals surface area contributed by atoms with Crippen LogP contribution < -0.4 is 5.43 Å². The van der Waals surface area contributed by atoms with Gasteiger partial charge in [0.25, 0.3) is 0 Å². The highest BCUT2D eigenvalue weighted by Crippen LogP contribution is 2.11. The summed E-state index contributed by atoms with van der Waals surface area (Å²) in [7, 11) is 0. The first kappa shape index (κ1) is 7.74. The lowest BCUT2D eigenvalue weighted by molar-refractivity contribution is 0.175. The molecule has 0 unspecified atom stereocenters. The van der Waals surface area contributed by atoms with Crippen LogP contribution in [0.2, 0.25) is 0 Å². The predicted octanol–water partition coefficient (Wildman–Crippen LogP) is 0.706. The zero-order valence-electron chi connectivity index (χ0n) is 5.13. The van der Waals surface area contributed by atoms with Crippen molar-refractivity contribution in [1.82, 2.24) is 9.84 Å². The molecule has 1 aliphatic heterocycles. The van der Waals surface area contributed by atoms with E-state index in [-0.39, 0.29) is 5.75 Å². The Morgan fingerprint density at radius 3 is 3.10 bits per heavy atom. The Morgan fingerprint density at radius 2 is 2.60 bits per heavy atom. The van der Waals surface area contributed by atoms with Crippen molar-refractivity contribution in [3.05, 3.63) is 0 Å². The largest absolute Gasteiger partial charge is 0.298 e. The molecule has 0 bridgehead atoms. The predicted molar refractivity (Wildman–Crippen MR) is 36.8 cm³/mol. The van der Waals surface area contributed by atoms with Crippen molar-refractivity contribution in [2.24, 2.45) is 4.99 Å². The van der Waals surface area contributed by atoms with Crippen molar-refractivity contribution in [2.45, 2.75) is 6.43 Å². The van der Waals surface area contributed by atoms with Gasteiger partial charge in [-0.1, -0.05) is 11.9 Å². The maximum Gasteiger partial charge on any atom is 0.248 e. The van der Waals surface area contributed by atoms with Crippen LogP contribution in [0.15, 0.2) is 4.99 Å². The lowest BCUT2D eigenvalue weighted by Crippen LogP contribution is -2.25. The van der Waals surface area contributed by atoms with Gasteiger partial charge in [0.1, 0.15) is 6.67 Å². The van der Waals surface area contributed by atoms with Gasteiger partial charge in [0, 0.05) is 0 Å². The SMILES string of the molecule is FC(F)CSN1CN=CN1. The highest BCUT2D eigenvalue weighted by molar-refractivity contribution is 7.97. The Bertz CT molecular complexity index is 122. The van der Waals surface area contributed by atoms with E-state index in [0.29, 0.717) is 6.67 Å². The summed E-state index contributed by atoms with van der Waals surface area (Å²) in [5.41, 5.74) is 2.68. The second kappa shape index (κ2) is 3.72. The second-order valence-corrected chi connectivity index (χ2v) is 2.68. The minimum Gasteiger partial charge on any atom is -0.298 e. The molecule has 0 aromatic rings. The quantitative estimate of drug-likeness (QED) is 0.627. The first-order valence-electron chi connectivity index (χ1n) is 2.72. The van der Waals surface area contributed by atoms with E-state index in [1.807, 2.05) is 0 Å². The van der Waals surface area contributed by atoms with E-state index >= 15 is 0 Å². The van der Waals surface area contributed by atoms with E-state index in [4.69, 9.17) is 0 Å². The van der Waals surface area contributed by atoms with E-state index in [2.05, 4.69) is 10.4 Å². The van der Waals surface area contributed by atoms with Crippen molar-refractivity contribution >= 4 is 18.3 Å². The number of nitrogens with zero attached hydrogens (tertiary/aromatic N) is 2. The minimum absolute atomic E-state index is 0.184. The Labute approximate surface area is 61.6 Å². The van der Waals surface area contributed by atoms with Crippen molar-refractivity contribution < 1.29 is 8.78 Å². The molecule has 1 rings (SSSR count). The number of hydrogen-bond donors (Lipinski definition) is 1. The van der Waals surface area contributed by atoms with Crippen LogP contribution in [-0.4, -0.2) is 29.6 Å².